The van der Waals surface area contributed by atoms with Gasteiger partial charge >= 0.3 is 6.18 Å². The lowest BCUT2D eigenvalue weighted by Gasteiger charge is -2.34. The topological polar surface area (TPSA) is 66.4 Å². The number of aromatic nitrogens is 2. The van der Waals surface area contributed by atoms with Crippen molar-refractivity contribution in [3.63, 3.8) is 0 Å². The third kappa shape index (κ3) is 3.48. The minimum absolute atomic E-state index is 0.115. The highest BCUT2D eigenvalue weighted by Crippen LogP contribution is 2.30. The minimum Gasteiger partial charge on any atom is -0.327 e. The van der Waals surface area contributed by atoms with Crippen LogP contribution in [0.3, 0.4) is 0 Å². The monoisotopic (exact) mass is 370 g/mol. The maximum atomic E-state index is 12.8. The van der Waals surface area contributed by atoms with Crippen LogP contribution in [0.25, 0.3) is 0 Å². The minimum atomic E-state index is -4.58. The van der Waals surface area contributed by atoms with Crippen molar-refractivity contribution in [1.82, 2.24) is 14.9 Å². The summed E-state index contributed by atoms with van der Waals surface area (Å²) in [5.41, 5.74) is 1.20. The summed E-state index contributed by atoms with van der Waals surface area (Å²) >= 11 is 1.19. The Morgan fingerprint density at radius 1 is 1.28 bits per heavy atom. The quantitative estimate of drug-likeness (QED) is 0.814. The maximum absolute atomic E-state index is 12.8. The van der Waals surface area contributed by atoms with Crippen molar-refractivity contribution in [3.05, 3.63) is 40.1 Å². The third-order valence-electron chi connectivity index (χ3n) is 3.79. The zero-order valence-electron chi connectivity index (χ0n) is 13.1. The number of hydrogen-bond donors (Lipinski definition) is 0. The van der Waals surface area contributed by atoms with E-state index in [0.717, 1.165) is 12.3 Å². The van der Waals surface area contributed by atoms with Crippen LogP contribution in [-0.4, -0.2) is 46.3 Å². The Balaban J connectivity index is 1.76. The fraction of sp³-hybridized carbons (Fsp3) is 0.333. The summed E-state index contributed by atoms with van der Waals surface area (Å²) in [6.45, 7) is 1.85. The lowest BCUT2D eigenvalue weighted by atomic mass is 10.2. The van der Waals surface area contributed by atoms with Crippen molar-refractivity contribution in [2.45, 2.75) is 13.1 Å². The number of aryl methyl sites for hydroxylation is 1. The molecule has 3 heterocycles. The Kier molecular flexibility index (Phi) is 4.46. The Morgan fingerprint density at radius 2 is 2.04 bits per heavy atom. The number of carbonyl (C=O) groups is 2. The lowest BCUT2D eigenvalue weighted by molar-refractivity contribution is -0.141. The first-order valence-corrected chi connectivity index (χ1v) is 8.18. The summed E-state index contributed by atoms with van der Waals surface area (Å²) in [5.74, 6) is -0.736. The number of rotatable bonds is 2. The molecule has 1 saturated heterocycles. The molecule has 0 saturated carbocycles. The van der Waals surface area contributed by atoms with Gasteiger partial charge in [-0.2, -0.15) is 13.2 Å². The van der Waals surface area contributed by atoms with Crippen molar-refractivity contribution in [3.8, 4) is 0 Å². The van der Waals surface area contributed by atoms with Crippen molar-refractivity contribution in [1.29, 1.82) is 0 Å². The Hall–Kier alpha value is -2.49. The molecule has 132 valence electrons. The Bertz CT molecular complexity index is 821. The highest BCUT2D eigenvalue weighted by molar-refractivity contribution is 7.11. The van der Waals surface area contributed by atoms with E-state index in [2.05, 4.69) is 9.97 Å². The second kappa shape index (κ2) is 6.43. The summed E-state index contributed by atoms with van der Waals surface area (Å²) in [5, 5.41) is 0. The molecule has 0 bridgehead atoms. The highest BCUT2D eigenvalue weighted by Gasteiger charge is 2.34. The van der Waals surface area contributed by atoms with Gasteiger partial charge in [-0.1, -0.05) is 0 Å². The third-order valence-corrected chi connectivity index (χ3v) is 4.71. The number of anilines is 1. The molecule has 0 atom stereocenters. The first-order valence-electron chi connectivity index (χ1n) is 7.30. The summed E-state index contributed by atoms with van der Waals surface area (Å²) in [6, 6.07) is 2.18. The number of pyridine rings is 1. The number of piperazine rings is 1. The number of thiazole rings is 1. The number of alkyl halides is 3. The van der Waals surface area contributed by atoms with Crippen LogP contribution in [0.4, 0.5) is 18.9 Å². The standard InChI is InChI=1S/C15H13F3N4O2S/c1-9-13(25-8-20-9)14(24)21-4-5-22(12(23)7-21)10-2-3-19-11(6-10)15(16,17)18/h2-3,6,8H,4-5,7H2,1H3. The fourth-order valence-electron chi connectivity index (χ4n) is 2.51. The zero-order chi connectivity index (χ0) is 18.2. The summed E-state index contributed by atoms with van der Waals surface area (Å²) < 4.78 is 38.3. The molecule has 2 aromatic rings. The van der Waals surface area contributed by atoms with E-state index in [1.807, 2.05) is 0 Å². The average molecular weight is 370 g/mol. The zero-order valence-corrected chi connectivity index (χ0v) is 13.9. The van der Waals surface area contributed by atoms with Gasteiger partial charge in [-0.15, -0.1) is 11.3 Å². The van der Waals surface area contributed by atoms with Crippen LogP contribution < -0.4 is 4.90 Å². The summed E-state index contributed by atoms with van der Waals surface area (Å²) in [6.07, 6.45) is -3.57. The summed E-state index contributed by atoms with van der Waals surface area (Å²) in [4.78, 5) is 35.1. The molecule has 2 amide bonds. The molecular formula is C15H13F3N4O2S. The average Bonchev–Trinajstić information content (AvgIpc) is 2.99. The van der Waals surface area contributed by atoms with Crippen LogP contribution >= 0.6 is 11.3 Å². The van der Waals surface area contributed by atoms with Crippen LogP contribution in [0.15, 0.2) is 23.8 Å². The van der Waals surface area contributed by atoms with Crippen molar-refractivity contribution in [2.24, 2.45) is 0 Å². The molecule has 10 heteroatoms. The second-order valence-electron chi connectivity index (χ2n) is 5.44. The normalized spacial score (nSPS) is 15.6. The predicted octanol–water partition coefficient (Wildman–Crippen LogP) is 2.35. The molecule has 0 radical (unpaired) electrons. The molecule has 1 aliphatic heterocycles. The van der Waals surface area contributed by atoms with Crippen molar-refractivity contribution in [2.75, 3.05) is 24.5 Å². The van der Waals surface area contributed by atoms with Crippen molar-refractivity contribution >= 4 is 28.8 Å². The molecule has 1 fully saturated rings. The van der Waals surface area contributed by atoms with Gasteiger partial charge in [0.15, 0.2) is 0 Å². The largest absolute Gasteiger partial charge is 0.433 e. The van der Waals surface area contributed by atoms with Crippen LogP contribution in [0.2, 0.25) is 0 Å². The van der Waals surface area contributed by atoms with E-state index in [-0.39, 0.29) is 31.2 Å². The molecule has 0 spiro atoms. The molecule has 2 aromatic heterocycles. The van der Waals surface area contributed by atoms with Crippen molar-refractivity contribution < 1.29 is 22.8 Å². The molecule has 0 N–H and O–H groups in total. The van der Waals surface area contributed by atoms with Gasteiger partial charge < -0.3 is 9.80 Å². The van der Waals surface area contributed by atoms with E-state index in [4.69, 9.17) is 0 Å². The van der Waals surface area contributed by atoms with E-state index in [1.54, 1.807) is 12.4 Å². The molecule has 0 aromatic carbocycles. The van der Waals surface area contributed by atoms with Gasteiger partial charge in [0.25, 0.3) is 5.91 Å². The summed E-state index contributed by atoms with van der Waals surface area (Å²) in [7, 11) is 0. The van der Waals surface area contributed by atoms with Crippen LogP contribution in [-0.2, 0) is 11.0 Å². The van der Waals surface area contributed by atoms with E-state index < -0.39 is 17.8 Å². The highest BCUT2D eigenvalue weighted by atomic mass is 32.1. The smallest absolute Gasteiger partial charge is 0.327 e. The first kappa shape index (κ1) is 17.3. The van der Waals surface area contributed by atoms with Crippen LogP contribution in [0.1, 0.15) is 21.1 Å². The van der Waals surface area contributed by atoms with Gasteiger partial charge in [0.1, 0.15) is 17.1 Å². The van der Waals surface area contributed by atoms with E-state index >= 15 is 0 Å². The Labute approximate surface area is 144 Å². The van der Waals surface area contributed by atoms with Crippen LogP contribution in [0.5, 0.6) is 0 Å². The molecule has 25 heavy (non-hydrogen) atoms. The number of hydrogen-bond acceptors (Lipinski definition) is 5. The van der Waals surface area contributed by atoms with Gasteiger partial charge in [0, 0.05) is 25.0 Å². The van der Waals surface area contributed by atoms with E-state index in [0.29, 0.717) is 10.6 Å². The molecule has 1 aliphatic rings. The molecular weight excluding hydrogens is 357 g/mol. The van der Waals surface area contributed by atoms with Gasteiger partial charge in [-0.25, -0.2) is 4.98 Å². The maximum Gasteiger partial charge on any atom is 0.433 e. The molecule has 0 unspecified atom stereocenters. The first-order chi connectivity index (χ1) is 11.8. The fourth-order valence-corrected chi connectivity index (χ4v) is 3.28. The predicted molar refractivity (Wildman–Crippen MR) is 84.3 cm³/mol. The Morgan fingerprint density at radius 3 is 2.64 bits per heavy atom. The number of halogens is 3. The van der Waals surface area contributed by atoms with Gasteiger partial charge in [0.05, 0.1) is 11.2 Å². The lowest BCUT2D eigenvalue weighted by Crippen LogP contribution is -2.52. The van der Waals surface area contributed by atoms with Gasteiger partial charge in [-0.05, 0) is 19.1 Å². The molecule has 3 rings (SSSR count). The number of carbonyl (C=O) groups excluding carboxylic acids is 2. The second-order valence-corrected chi connectivity index (χ2v) is 6.29. The number of amides is 2. The molecule has 0 aliphatic carbocycles. The van der Waals surface area contributed by atoms with E-state index in [1.165, 1.54) is 27.2 Å². The van der Waals surface area contributed by atoms with Crippen LogP contribution in [0, 0.1) is 6.92 Å². The SMILES string of the molecule is Cc1ncsc1C(=O)N1CCN(c2ccnc(C(F)(F)F)c2)C(=O)C1. The van der Waals surface area contributed by atoms with Gasteiger partial charge in [0.2, 0.25) is 5.91 Å². The number of nitrogens with zero attached hydrogens (tertiary/aromatic N) is 4. The molecule has 6 nitrogen and oxygen atoms in total. The van der Waals surface area contributed by atoms with E-state index in [9.17, 15) is 22.8 Å². The van der Waals surface area contributed by atoms with Gasteiger partial charge in [-0.3, -0.25) is 14.6 Å².